The van der Waals surface area contributed by atoms with Gasteiger partial charge in [0.05, 0.1) is 0 Å². The van der Waals surface area contributed by atoms with E-state index in [-0.39, 0.29) is 0 Å². The van der Waals surface area contributed by atoms with Gasteiger partial charge in [-0.1, -0.05) is 60.2 Å². The van der Waals surface area contributed by atoms with E-state index in [9.17, 15) is 0 Å². The van der Waals surface area contributed by atoms with Crippen LogP contribution in [0.5, 0.6) is 0 Å². The number of halogens is 2. The highest BCUT2D eigenvalue weighted by Crippen LogP contribution is 2.19. The summed E-state index contributed by atoms with van der Waals surface area (Å²) in [6.45, 7) is 0. The Hall–Kier alpha value is -0.800. The van der Waals surface area contributed by atoms with Crippen LogP contribution in [0.1, 0.15) is 11.1 Å². The molecule has 0 aliphatic carbocycles. The van der Waals surface area contributed by atoms with Crippen LogP contribution in [0, 0.1) is 3.57 Å². The molecule has 2 rings (SSSR count). The summed E-state index contributed by atoms with van der Waals surface area (Å²) >= 11 is 8.40. The first kappa shape index (κ1) is 11.7. The van der Waals surface area contributed by atoms with Crippen LogP contribution in [0.2, 0.25) is 5.02 Å². The average molecular weight is 341 g/mol. The Balaban J connectivity index is 2.29. The first-order chi connectivity index (χ1) is 7.77. The number of rotatable bonds is 2. The Labute approximate surface area is 114 Å². The standard InChI is InChI=1S/C14H10ClI/c15-13-7-3-1-5-11(13)9-10-12-6-2-4-8-14(12)16/h1-10H/b10-9-. The average Bonchev–Trinajstić information content (AvgIpc) is 2.30. The molecule has 0 saturated heterocycles. The Morgan fingerprint density at radius 2 is 1.38 bits per heavy atom. The Kier molecular flexibility index (Phi) is 4.02. The molecule has 0 amide bonds. The zero-order chi connectivity index (χ0) is 11.4. The second-order valence-electron chi connectivity index (χ2n) is 3.38. The van der Waals surface area contributed by atoms with E-state index in [4.69, 9.17) is 11.6 Å². The van der Waals surface area contributed by atoms with Gasteiger partial charge in [-0.05, 0) is 45.9 Å². The third-order valence-corrected chi connectivity index (χ3v) is 3.58. The SMILES string of the molecule is Clc1ccccc1/C=C\c1ccccc1I. The van der Waals surface area contributed by atoms with E-state index in [1.54, 1.807) is 0 Å². The Morgan fingerprint density at radius 1 is 0.812 bits per heavy atom. The Morgan fingerprint density at radius 3 is 2.06 bits per heavy atom. The number of hydrogen-bond acceptors (Lipinski definition) is 0. The number of benzene rings is 2. The highest BCUT2D eigenvalue weighted by Gasteiger charge is 1.95. The van der Waals surface area contributed by atoms with Gasteiger partial charge in [0.15, 0.2) is 0 Å². The fourth-order valence-electron chi connectivity index (χ4n) is 1.40. The van der Waals surface area contributed by atoms with Crippen LogP contribution >= 0.6 is 34.2 Å². The van der Waals surface area contributed by atoms with E-state index in [0.717, 1.165) is 10.6 Å². The molecule has 0 atom stereocenters. The number of hydrogen-bond donors (Lipinski definition) is 0. The third-order valence-electron chi connectivity index (χ3n) is 2.25. The van der Waals surface area contributed by atoms with Crippen LogP contribution in [0.25, 0.3) is 12.2 Å². The molecule has 0 heterocycles. The molecule has 0 radical (unpaired) electrons. The lowest BCUT2D eigenvalue weighted by Gasteiger charge is -1.99. The summed E-state index contributed by atoms with van der Waals surface area (Å²) in [4.78, 5) is 0. The van der Waals surface area contributed by atoms with Crippen molar-refractivity contribution in [3.05, 3.63) is 68.3 Å². The van der Waals surface area contributed by atoms with Gasteiger partial charge in [-0.2, -0.15) is 0 Å². The largest absolute Gasteiger partial charge is 0.0837 e. The summed E-state index contributed by atoms with van der Waals surface area (Å²) in [5.41, 5.74) is 2.26. The lowest BCUT2D eigenvalue weighted by atomic mass is 10.1. The van der Waals surface area contributed by atoms with Crippen LogP contribution in [0.4, 0.5) is 0 Å². The fourth-order valence-corrected chi connectivity index (χ4v) is 2.17. The monoisotopic (exact) mass is 340 g/mol. The molecule has 2 aromatic rings. The molecule has 0 saturated carbocycles. The summed E-state index contributed by atoms with van der Waals surface area (Å²) < 4.78 is 1.24. The van der Waals surface area contributed by atoms with Crippen molar-refractivity contribution in [2.75, 3.05) is 0 Å². The minimum absolute atomic E-state index is 0.782. The van der Waals surface area contributed by atoms with Crippen molar-refractivity contribution < 1.29 is 0 Å². The van der Waals surface area contributed by atoms with Gasteiger partial charge in [0.25, 0.3) is 0 Å². The third kappa shape index (κ3) is 2.86. The molecule has 0 spiro atoms. The van der Waals surface area contributed by atoms with Gasteiger partial charge in [0, 0.05) is 8.59 Å². The molecule has 0 aromatic heterocycles. The van der Waals surface area contributed by atoms with Gasteiger partial charge < -0.3 is 0 Å². The lowest BCUT2D eigenvalue weighted by molar-refractivity contribution is 1.60. The molecule has 2 aromatic carbocycles. The molecule has 16 heavy (non-hydrogen) atoms. The summed E-state index contributed by atoms with van der Waals surface area (Å²) in [5.74, 6) is 0. The predicted molar refractivity (Wildman–Crippen MR) is 79.5 cm³/mol. The van der Waals surface area contributed by atoms with Crippen molar-refractivity contribution >= 4 is 46.3 Å². The van der Waals surface area contributed by atoms with Crippen molar-refractivity contribution in [3.63, 3.8) is 0 Å². The molecular weight excluding hydrogens is 331 g/mol. The van der Waals surface area contributed by atoms with E-state index in [2.05, 4.69) is 40.8 Å². The van der Waals surface area contributed by atoms with E-state index >= 15 is 0 Å². The molecular formula is C14H10ClI. The second kappa shape index (κ2) is 5.51. The topological polar surface area (TPSA) is 0 Å². The summed E-state index contributed by atoms with van der Waals surface area (Å²) in [6, 6.07) is 16.1. The first-order valence-electron chi connectivity index (χ1n) is 4.94. The van der Waals surface area contributed by atoms with Gasteiger partial charge in [0.2, 0.25) is 0 Å². The van der Waals surface area contributed by atoms with Gasteiger partial charge in [-0.25, -0.2) is 0 Å². The minimum Gasteiger partial charge on any atom is -0.0837 e. The zero-order valence-electron chi connectivity index (χ0n) is 8.53. The quantitative estimate of drug-likeness (QED) is 0.526. The maximum Gasteiger partial charge on any atom is 0.0478 e. The van der Waals surface area contributed by atoms with E-state index in [0.29, 0.717) is 0 Å². The summed E-state index contributed by atoms with van der Waals surface area (Å²) in [5, 5.41) is 0.782. The zero-order valence-corrected chi connectivity index (χ0v) is 11.4. The smallest absolute Gasteiger partial charge is 0.0478 e. The minimum atomic E-state index is 0.782. The van der Waals surface area contributed by atoms with E-state index < -0.39 is 0 Å². The van der Waals surface area contributed by atoms with Crippen LogP contribution in [0.15, 0.2) is 48.5 Å². The van der Waals surface area contributed by atoms with Crippen LogP contribution < -0.4 is 0 Å². The molecule has 0 N–H and O–H groups in total. The van der Waals surface area contributed by atoms with Crippen molar-refractivity contribution in [3.8, 4) is 0 Å². The van der Waals surface area contributed by atoms with Crippen LogP contribution in [-0.2, 0) is 0 Å². The first-order valence-corrected chi connectivity index (χ1v) is 6.40. The van der Waals surface area contributed by atoms with Crippen molar-refractivity contribution in [2.24, 2.45) is 0 Å². The molecule has 0 aliphatic rings. The van der Waals surface area contributed by atoms with E-state index in [1.807, 2.05) is 42.5 Å². The van der Waals surface area contributed by atoms with Crippen LogP contribution in [-0.4, -0.2) is 0 Å². The summed E-state index contributed by atoms with van der Waals surface area (Å²) in [6.07, 6.45) is 4.13. The maximum atomic E-state index is 6.08. The molecule has 0 nitrogen and oxygen atoms in total. The Bertz CT molecular complexity index is 470. The molecule has 2 heteroatoms. The van der Waals surface area contributed by atoms with Crippen molar-refractivity contribution in [1.82, 2.24) is 0 Å². The van der Waals surface area contributed by atoms with Crippen molar-refractivity contribution in [2.45, 2.75) is 0 Å². The van der Waals surface area contributed by atoms with Crippen LogP contribution in [0.3, 0.4) is 0 Å². The highest BCUT2D eigenvalue weighted by molar-refractivity contribution is 14.1. The maximum absolute atomic E-state index is 6.08. The molecule has 0 unspecified atom stereocenters. The van der Waals surface area contributed by atoms with E-state index in [1.165, 1.54) is 9.13 Å². The second-order valence-corrected chi connectivity index (χ2v) is 4.95. The fraction of sp³-hybridized carbons (Fsp3) is 0. The van der Waals surface area contributed by atoms with Gasteiger partial charge in [0.1, 0.15) is 0 Å². The molecule has 0 bridgehead atoms. The summed E-state index contributed by atoms with van der Waals surface area (Å²) in [7, 11) is 0. The molecule has 0 aliphatic heterocycles. The highest BCUT2D eigenvalue weighted by atomic mass is 127. The van der Waals surface area contributed by atoms with Gasteiger partial charge in [-0.3, -0.25) is 0 Å². The predicted octanol–water partition coefficient (Wildman–Crippen LogP) is 5.12. The normalized spacial score (nSPS) is 10.9. The van der Waals surface area contributed by atoms with Gasteiger partial charge in [-0.15, -0.1) is 0 Å². The van der Waals surface area contributed by atoms with Crippen molar-refractivity contribution in [1.29, 1.82) is 0 Å². The molecule has 80 valence electrons. The van der Waals surface area contributed by atoms with Gasteiger partial charge >= 0.3 is 0 Å². The lowest BCUT2D eigenvalue weighted by Crippen LogP contribution is -1.78. The molecule has 0 fully saturated rings.